The van der Waals surface area contributed by atoms with Crippen LogP contribution < -0.4 is 15.4 Å². The molecule has 0 unspecified atom stereocenters. The normalized spacial score (nSPS) is 13.3. The summed E-state index contributed by atoms with van der Waals surface area (Å²) in [5, 5.41) is 5.59. The number of methoxy groups -OCH3 is 1. The molecule has 1 aliphatic rings. The molecule has 122 valence electrons. The van der Waals surface area contributed by atoms with Gasteiger partial charge in [0.05, 0.1) is 18.6 Å². The SMILES string of the molecule is COc1ccccc1/C=C/C(=O)Nc1ccc2c(c1)NC(=O)CS2. The number of anilines is 2. The van der Waals surface area contributed by atoms with E-state index in [0.29, 0.717) is 17.2 Å². The molecular weight excluding hydrogens is 324 g/mol. The van der Waals surface area contributed by atoms with Gasteiger partial charge in [0.1, 0.15) is 5.75 Å². The van der Waals surface area contributed by atoms with Gasteiger partial charge in [-0.2, -0.15) is 0 Å². The molecule has 0 radical (unpaired) electrons. The van der Waals surface area contributed by atoms with Gasteiger partial charge in [-0.15, -0.1) is 11.8 Å². The molecule has 1 heterocycles. The highest BCUT2D eigenvalue weighted by atomic mass is 32.2. The molecule has 0 aromatic heterocycles. The van der Waals surface area contributed by atoms with Crippen LogP contribution in [0.1, 0.15) is 5.56 Å². The fraction of sp³-hybridized carbons (Fsp3) is 0.111. The van der Waals surface area contributed by atoms with Crippen molar-refractivity contribution in [1.29, 1.82) is 0 Å². The molecule has 6 heteroatoms. The third-order valence-electron chi connectivity index (χ3n) is 3.43. The summed E-state index contributed by atoms with van der Waals surface area (Å²) >= 11 is 1.48. The Bertz CT molecular complexity index is 818. The van der Waals surface area contributed by atoms with Crippen molar-refractivity contribution >= 4 is 41.0 Å². The molecule has 0 saturated carbocycles. The highest BCUT2D eigenvalue weighted by Gasteiger charge is 2.15. The Morgan fingerprint density at radius 2 is 2.12 bits per heavy atom. The number of ether oxygens (including phenoxy) is 1. The number of para-hydroxylation sites is 1. The molecule has 2 aromatic carbocycles. The molecular formula is C18H16N2O3S. The third kappa shape index (κ3) is 3.78. The average Bonchev–Trinajstić information content (AvgIpc) is 2.60. The van der Waals surface area contributed by atoms with Crippen molar-refractivity contribution in [2.24, 2.45) is 0 Å². The zero-order valence-electron chi connectivity index (χ0n) is 13.0. The molecule has 2 N–H and O–H groups in total. The zero-order valence-corrected chi connectivity index (χ0v) is 13.9. The van der Waals surface area contributed by atoms with Gasteiger partial charge in [0.15, 0.2) is 0 Å². The molecule has 0 bridgehead atoms. The molecule has 0 fully saturated rings. The van der Waals surface area contributed by atoms with Gasteiger partial charge >= 0.3 is 0 Å². The van der Waals surface area contributed by atoms with Crippen molar-refractivity contribution < 1.29 is 14.3 Å². The van der Waals surface area contributed by atoms with Crippen molar-refractivity contribution in [3.63, 3.8) is 0 Å². The lowest BCUT2D eigenvalue weighted by molar-refractivity contribution is -0.114. The van der Waals surface area contributed by atoms with Crippen LogP contribution in [-0.4, -0.2) is 24.7 Å². The van der Waals surface area contributed by atoms with Gasteiger partial charge in [-0.1, -0.05) is 18.2 Å². The minimum Gasteiger partial charge on any atom is -0.496 e. The van der Waals surface area contributed by atoms with E-state index in [9.17, 15) is 9.59 Å². The maximum atomic E-state index is 12.1. The van der Waals surface area contributed by atoms with Gasteiger partial charge < -0.3 is 15.4 Å². The molecule has 0 atom stereocenters. The number of fused-ring (bicyclic) bond motifs is 1. The second-order valence-corrected chi connectivity index (χ2v) is 6.13. The van der Waals surface area contributed by atoms with E-state index in [2.05, 4.69) is 10.6 Å². The standard InChI is InChI=1S/C18H16N2O3S/c1-23-15-5-3-2-4-12(15)6-9-17(21)19-13-7-8-16-14(10-13)20-18(22)11-24-16/h2-10H,11H2,1H3,(H,19,21)(H,20,22)/b9-6+. The van der Waals surface area contributed by atoms with Crippen molar-refractivity contribution in [2.45, 2.75) is 4.90 Å². The van der Waals surface area contributed by atoms with Gasteiger partial charge in [-0.3, -0.25) is 9.59 Å². The van der Waals surface area contributed by atoms with E-state index in [1.54, 1.807) is 19.3 Å². The summed E-state index contributed by atoms with van der Waals surface area (Å²) < 4.78 is 5.24. The summed E-state index contributed by atoms with van der Waals surface area (Å²) in [6.07, 6.45) is 3.15. The first-order valence-corrected chi connectivity index (χ1v) is 8.33. The van der Waals surface area contributed by atoms with Gasteiger partial charge in [0.2, 0.25) is 11.8 Å². The number of hydrogen-bond acceptors (Lipinski definition) is 4. The molecule has 5 nitrogen and oxygen atoms in total. The van der Waals surface area contributed by atoms with Crippen LogP contribution >= 0.6 is 11.8 Å². The predicted molar refractivity (Wildman–Crippen MR) is 96.5 cm³/mol. The molecule has 3 rings (SSSR count). The van der Waals surface area contributed by atoms with E-state index in [1.165, 1.54) is 17.8 Å². The number of carbonyl (C=O) groups is 2. The topological polar surface area (TPSA) is 67.4 Å². The average molecular weight is 340 g/mol. The van der Waals surface area contributed by atoms with Gasteiger partial charge in [0, 0.05) is 22.2 Å². The first kappa shape index (κ1) is 16.1. The largest absolute Gasteiger partial charge is 0.496 e. The van der Waals surface area contributed by atoms with E-state index >= 15 is 0 Å². The molecule has 2 amide bonds. The molecule has 24 heavy (non-hydrogen) atoms. The summed E-state index contributed by atoms with van der Waals surface area (Å²) in [5.41, 5.74) is 2.18. The molecule has 0 spiro atoms. The maximum absolute atomic E-state index is 12.1. The van der Waals surface area contributed by atoms with Gasteiger partial charge in [-0.25, -0.2) is 0 Å². The first-order chi connectivity index (χ1) is 11.7. The molecule has 2 aromatic rings. The second kappa shape index (κ2) is 7.23. The van der Waals surface area contributed by atoms with Crippen LogP contribution in [0.4, 0.5) is 11.4 Å². The number of rotatable bonds is 4. The lowest BCUT2D eigenvalue weighted by Crippen LogP contribution is -2.19. The number of carbonyl (C=O) groups excluding carboxylic acids is 2. The Hall–Kier alpha value is -2.73. The summed E-state index contributed by atoms with van der Waals surface area (Å²) in [4.78, 5) is 24.5. The lowest BCUT2D eigenvalue weighted by atomic mass is 10.2. The number of benzene rings is 2. The zero-order chi connectivity index (χ0) is 16.9. The molecule has 0 saturated heterocycles. The Morgan fingerprint density at radius 3 is 2.96 bits per heavy atom. The van der Waals surface area contributed by atoms with Crippen molar-refractivity contribution in [3.05, 3.63) is 54.1 Å². The van der Waals surface area contributed by atoms with Crippen LogP contribution in [0.2, 0.25) is 0 Å². The van der Waals surface area contributed by atoms with Crippen LogP contribution in [0, 0.1) is 0 Å². The van der Waals surface area contributed by atoms with Crippen LogP contribution in [-0.2, 0) is 9.59 Å². The van der Waals surface area contributed by atoms with E-state index in [1.807, 2.05) is 36.4 Å². The summed E-state index contributed by atoms with van der Waals surface area (Å²) in [5.74, 6) is 0.832. The quantitative estimate of drug-likeness (QED) is 0.837. The fourth-order valence-corrected chi connectivity index (χ4v) is 3.10. The van der Waals surface area contributed by atoms with Gasteiger partial charge in [-0.05, 0) is 30.3 Å². The van der Waals surface area contributed by atoms with Crippen LogP contribution in [0.25, 0.3) is 6.08 Å². The summed E-state index contributed by atoms with van der Waals surface area (Å²) in [6, 6.07) is 12.9. The Kier molecular flexibility index (Phi) is 4.86. The van der Waals surface area contributed by atoms with E-state index in [4.69, 9.17) is 4.74 Å². The minimum absolute atomic E-state index is 0.0351. The monoisotopic (exact) mass is 340 g/mol. The number of amides is 2. The smallest absolute Gasteiger partial charge is 0.248 e. The predicted octanol–water partition coefficient (Wildman–Crippen LogP) is 3.39. The second-order valence-electron chi connectivity index (χ2n) is 5.11. The van der Waals surface area contributed by atoms with E-state index in [0.717, 1.165) is 16.1 Å². The van der Waals surface area contributed by atoms with Crippen molar-refractivity contribution in [3.8, 4) is 5.75 Å². The van der Waals surface area contributed by atoms with Crippen LogP contribution in [0.15, 0.2) is 53.4 Å². The van der Waals surface area contributed by atoms with Crippen LogP contribution in [0.5, 0.6) is 5.75 Å². The van der Waals surface area contributed by atoms with Crippen molar-refractivity contribution in [1.82, 2.24) is 0 Å². The van der Waals surface area contributed by atoms with Crippen molar-refractivity contribution in [2.75, 3.05) is 23.5 Å². The summed E-state index contributed by atoms with van der Waals surface area (Å²) in [7, 11) is 1.59. The molecule has 1 aliphatic heterocycles. The highest BCUT2D eigenvalue weighted by molar-refractivity contribution is 8.00. The van der Waals surface area contributed by atoms with E-state index in [-0.39, 0.29) is 11.8 Å². The Balaban J connectivity index is 1.70. The molecule has 0 aliphatic carbocycles. The van der Waals surface area contributed by atoms with Crippen LogP contribution in [0.3, 0.4) is 0 Å². The Labute approximate surface area is 144 Å². The Morgan fingerprint density at radius 1 is 1.29 bits per heavy atom. The first-order valence-electron chi connectivity index (χ1n) is 7.34. The number of nitrogens with one attached hydrogen (secondary N) is 2. The van der Waals surface area contributed by atoms with Gasteiger partial charge in [0.25, 0.3) is 0 Å². The summed E-state index contributed by atoms with van der Waals surface area (Å²) in [6.45, 7) is 0. The maximum Gasteiger partial charge on any atom is 0.248 e. The minimum atomic E-state index is -0.254. The van der Waals surface area contributed by atoms with E-state index < -0.39 is 0 Å². The lowest BCUT2D eigenvalue weighted by Gasteiger charge is -2.17. The highest BCUT2D eigenvalue weighted by Crippen LogP contribution is 2.33. The fourth-order valence-electron chi connectivity index (χ4n) is 2.31. The number of hydrogen-bond donors (Lipinski definition) is 2. The number of thioether (sulfide) groups is 1. The third-order valence-corrected chi connectivity index (χ3v) is 4.51.